The molecule has 0 heterocycles. The number of phenolic OH excluding ortho intramolecular Hbond substituents is 1. The first-order chi connectivity index (χ1) is 10.3. The second kappa shape index (κ2) is 6.14. The third kappa shape index (κ3) is 3.42. The molecule has 0 unspecified atom stereocenters. The maximum Gasteiger partial charge on any atom is 0.119 e. The SMILES string of the molecule is Oc1ccc(-c2ccc(COc3ccccc3)cc2)cc1. The molecule has 0 aliphatic rings. The van der Waals surface area contributed by atoms with Crippen LogP contribution in [-0.2, 0) is 6.61 Å². The van der Waals surface area contributed by atoms with Crippen LogP contribution in [0.4, 0.5) is 0 Å². The van der Waals surface area contributed by atoms with Crippen molar-refractivity contribution in [1.29, 1.82) is 0 Å². The molecule has 3 aromatic rings. The summed E-state index contributed by atoms with van der Waals surface area (Å²) in [5.41, 5.74) is 3.34. The second-order valence-electron chi connectivity index (χ2n) is 4.85. The van der Waals surface area contributed by atoms with E-state index in [1.54, 1.807) is 12.1 Å². The third-order valence-corrected chi connectivity index (χ3v) is 3.30. The monoisotopic (exact) mass is 276 g/mol. The summed E-state index contributed by atoms with van der Waals surface area (Å²) in [6, 6.07) is 25.3. The number of aromatic hydroxyl groups is 1. The van der Waals surface area contributed by atoms with E-state index >= 15 is 0 Å². The topological polar surface area (TPSA) is 29.5 Å². The molecule has 2 heteroatoms. The van der Waals surface area contributed by atoms with E-state index in [1.807, 2.05) is 42.5 Å². The Kier molecular flexibility index (Phi) is 3.88. The fraction of sp³-hybridized carbons (Fsp3) is 0.0526. The lowest BCUT2D eigenvalue weighted by molar-refractivity contribution is 0.306. The number of hydrogen-bond acceptors (Lipinski definition) is 2. The van der Waals surface area contributed by atoms with Crippen molar-refractivity contribution in [2.75, 3.05) is 0 Å². The fourth-order valence-corrected chi connectivity index (χ4v) is 2.13. The standard InChI is InChI=1S/C19H16O2/c20-18-12-10-17(11-13-18)16-8-6-15(7-9-16)14-21-19-4-2-1-3-5-19/h1-13,20H,14H2. The number of phenols is 1. The van der Waals surface area contributed by atoms with Crippen LogP contribution in [-0.4, -0.2) is 5.11 Å². The number of hydrogen-bond donors (Lipinski definition) is 1. The van der Waals surface area contributed by atoms with Gasteiger partial charge in [0.15, 0.2) is 0 Å². The second-order valence-corrected chi connectivity index (χ2v) is 4.85. The highest BCUT2D eigenvalue weighted by Gasteiger charge is 1.99. The number of rotatable bonds is 4. The van der Waals surface area contributed by atoms with Crippen LogP contribution in [0.2, 0.25) is 0 Å². The zero-order chi connectivity index (χ0) is 14.5. The Labute approximate surface area is 124 Å². The number of para-hydroxylation sites is 1. The normalized spacial score (nSPS) is 10.3. The Morgan fingerprint density at radius 1 is 0.667 bits per heavy atom. The average Bonchev–Trinajstić information content (AvgIpc) is 2.55. The van der Waals surface area contributed by atoms with E-state index in [2.05, 4.69) is 24.3 Å². The first-order valence-corrected chi connectivity index (χ1v) is 6.87. The van der Waals surface area contributed by atoms with Crippen LogP contribution >= 0.6 is 0 Å². The largest absolute Gasteiger partial charge is 0.508 e. The molecule has 3 rings (SSSR count). The maximum atomic E-state index is 9.31. The molecule has 0 aromatic heterocycles. The summed E-state index contributed by atoms with van der Waals surface area (Å²) in [4.78, 5) is 0. The van der Waals surface area contributed by atoms with Gasteiger partial charge in [0.25, 0.3) is 0 Å². The van der Waals surface area contributed by atoms with Crippen molar-refractivity contribution < 1.29 is 9.84 Å². The highest BCUT2D eigenvalue weighted by molar-refractivity contribution is 5.64. The summed E-state index contributed by atoms with van der Waals surface area (Å²) < 4.78 is 5.72. The predicted molar refractivity (Wildman–Crippen MR) is 84.3 cm³/mol. The van der Waals surface area contributed by atoms with Gasteiger partial charge in [-0.15, -0.1) is 0 Å². The molecule has 0 fully saturated rings. The van der Waals surface area contributed by atoms with E-state index in [-0.39, 0.29) is 5.75 Å². The van der Waals surface area contributed by atoms with Crippen molar-refractivity contribution in [2.24, 2.45) is 0 Å². The number of ether oxygens (including phenoxy) is 1. The van der Waals surface area contributed by atoms with Gasteiger partial charge in [0.05, 0.1) is 0 Å². The van der Waals surface area contributed by atoms with E-state index in [0.717, 1.165) is 22.4 Å². The van der Waals surface area contributed by atoms with Gasteiger partial charge in [-0.25, -0.2) is 0 Å². The summed E-state index contributed by atoms with van der Waals surface area (Å²) in [6.45, 7) is 0.555. The highest BCUT2D eigenvalue weighted by Crippen LogP contribution is 2.22. The van der Waals surface area contributed by atoms with Crippen molar-refractivity contribution in [1.82, 2.24) is 0 Å². The van der Waals surface area contributed by atoms with Crippen molar-refractivity contribution in [3.05, 3.63) is 84.4 Å². The van der Waals surface area contributed by atoms with Gasteiger partial charge in [0, 0.05) is 0 Å². The molecular weight excluding hydrogens is 260 g/mol. The Balaban J connectivity index is 1.68. The van der Waals surface area contributed by atoms with Gasteiger partial charge in [-0.3, -0.25) is 0 Å². The predicted octanol–water partition coefficient (Wildman–Crippen LogP) is 4.64. The molecule has 3 aromatic carbocycles. The van der Waals surface area contributed by atoms with Crippen molar-refractivity contribution in [2.45, 2.75) is 6.61 Å². The Morgan fingerprint density at radius 2 is 1.24 bits per heavy atom. The third-order valence-electron chi connectivity index (χ3n) is 3.30. The van der Waals surface area contributed by atoms with Gasteiger partial charge >= 0.3 is 0 Å². The van der Waals surface area contributed by atoms with Crippen LogP contribution in [0, 0.1) is 0 Å². The molecule has 0 spiro atoms. The summed E-state index contributed by atoms with van der Waals surface area (Å²) in [5.74, 6) is 1.16. The highest BCUT2D eigenvalue weighted by atomic mass is 16.5. The molecule has 104 valence electrons. The van der Waals surface area contributed by atoms with Gasteiger partial charge in [0.1, 0.15) is 18.1 Å². The Bertz CT molecular complexity index is 686. The van der Waals surface area contributed by atoms with Crippen LogP contribution in [0.15, 0.2) is 78.9 Å². The first kappa shape index (κ1) is 13.3. The zero-order valence-corrected chi connectivity index (χ0v) is 11.6. The molecule has 0 aliphatic carbocycles. The van der Waals surface area contributed by atoms with Gasteiger partial charge in [0.2, 0.25) is 0 Å². The van der Waals surface area contributed by atoms with Gasteiger partial charge in [-0.1, -0.05) is 54.6 Å². The minimum Gasteiger partial charge on any atom is -0.508 e. The minimum absolute atomic E-state index is 0.284. The Morgan fingerprint density at radius 3 is 1.86 bits per heavy atom. The molecule has 0 radical (unpaired) electrons. The lowest BCUT2D eigenvalue weighted by Crippen LogP contribution is -1.94. The van der Waals surface area contributed by atoms with E-state index in [4.69, 9.17) is 4.74 Å². The van der Waals surface area contributed by atoms with E-state index in [0.29, 0.717) is 6.61 Å². The lowest BCUT2D eigenvalue weighted by Gasteiger charge is -2.07. The van der Waals surface area contributed by atoms with E-state index in [9.17, 15) is 5.11 Å². The first-order valence-electron chi connectivity index (χ1n) is 6.87. The number of benzene rings is 3. The van der Waals surface area contributed by atoms with Gasteiger partial charge in [-0.2, -0.15) is 0 Å². The molecule has 0 amide bonds. The summed E-state index contributed by atoms with van der Waals surface area (Å²) in [6.07, 6.45) is 0. The smallest absolute Gasteiger partial charge is 0.119 e. The molecule has 2 nitrogen and oxygen atoms in total. The molecule has 1 N–H and O–H groups in total. The molecule has 0 saturated heterocycles. The molecule has 0 atom stereocenters. The molecule has 21 heavy (non-hydrogen) atoms. The summed E-state index contributed by atoms with van der Waals surface area (Å²) in [7, 11) is 0. The fourth-order valence-electron chi connectivity index (χ4n) is 2.13. The van der Waals surface area contributed by atoms with Crippen LogP contribution in [0.3, 0.4) is 0 Å². The Hall–Kier alpha value is -2.74. The zero-order valence-electron chi connectivity index (χ0n) is 11.6. The van der Waals surface area contributed by atoms with Gasteiger partial charge < -0.3 is 9.84 Å². The molecule has 0 saturated carbocycles. The van der Waals surface area contributed by atoms with Crippen molar-refractivity contribution >= 4 is 0 Å². The van der Waals surface area contributed by atoms with Crippen molar-refractivity contribution in [3.63, 3.8) is 0 Å². The molecular formula is C19H16O2. The van der Waals surface area contributed by atoms with Crippen LogP contribution in [0.5, 0.6) is 11.5 Å². The van der Waals surface area contributed by atoms with Crippen LogP contribution in [0.25, 0.3) is 11.1 Å². The van der Waals surface area contributed by atoms with E-state index < -0.39 is 0 Å². The molecule has 0 aliphatic heterocycles. The summed E-state index contributed by atoms with van der Waals surface area (Å²) in [5, 5.41) is 9.31. The molecule has 0 bridgehead atoms. The average molecular weight is 276 g/mol. The minimum atomic E-state index is 0.284. The van der Waals surface area contributed by atoms with Crippen LogP contribution in [0.1, 0.15) is 5.56 Å². The quantitative estimate of drug-likeness (QED) is 0.752. The summed E-state index contributed by atoms with van der Waals surface area (Å²) >= 11 is 0. The lowest BCUT2D eigenvalue weighted by atomic mass is 10.0. The van der Waals surface area contributed by atoms with E-state index in [1.165, 1.54) is 0 Å². The van der Waals surface area contributed by atoms with Gasteiger partial charge in [-0.05, 0) is 41.0 Å². The maximum absolute atomic E-state index is 9.31. The van der Waals surface area contributed by atoms with Crippen LogP contribution < -0.4 is 4.74 Å². The van der Waals surface area contributed by atoms with Crippen molar-refractivity contribution in [3.8, 4) is 22.6 Å².